The summed E-state index contributed by atoms with van der Waals surface area (Å²) in [6, 6.07) is 5.65. The molecule has 4 rings (SSSR count). The number of likely N-dealkylation sites (tertiary alicyclic amines) is 1. The Kier molecular flexibility index (Phi) is 7.99. The van der Waals surface area contributed by atoms with E-state index in [-0.39, 0.29) is 28.9 Å². The van der Waals surface area contributed by atoms with Gasteiger partial charge in [0, 0.05) is 37.1 Å². The van der Waals surface area contributed by atoms with Gasteiger partial charge in [-0.25, -0.2) is 0 Å². The van der Waals surface area contributed by atoms with Crippen LogP contribution in [0.1, 0.15) is 66.6 Å². The molecule has 1 amide bonds. The predicted octanol–water partition coefficient (Wildman–Crippen LogP) is 4.22. The fourth-order valence-corrected chi connectivity index (χ4v) is 5.37. The summed E-state index contributed by atoms with van der Waals surface area (Å²) in [5.74, 6) is -0.278. The topological polar surface area (TPSA) is 109 Å². The Bertz CT molecular complexity index is 1060. The van der Waals surface area contributed by atoms with E-state index < -0.39 is 18.2 Å². The highest BCUT2D eigenvalue weighted by Crippen LogP contribution is 2.37. The number of aliphatic imine (C=N–C) groups is 1. The average Bonchev–Trinajstić information content (AvgIpc) is 3.28. The third kappa shape index (κ3) is 5.89. The molecule has 1 aliphatic heterocycles. The van der Waals surface area contributed by atoms with Crippen molar-refractivity contribution in [3.63, 3.8) is 0 Å². The van der Waals surface area contributed by atoms with Gasteiger partial charge >= 0.3 is 6.18 Å². The number of piperidine rings is 1. The SMILES string of the molecule is CN=C[C@H]1C[C@H](N2CCCCC2)CC[C@@H]1n1cc(C(N)=O)c(Nc2ccc([C@@H](O)C(F)(F)F)cc2)n1. The Labute approximate surface area is 208 Å². The number of hydrogen-bond acceptors (Lipinski definition) is 6. The fourth-order valence-electron chi connectivity index (χ4n) is 5.37. The normalized spacial score (nSPS) is 24.6. The predicted molar refractivity (Wildman–Crippen MR) is 131 cm³/mol. The summed E-state index contributed by atoms with van der Waals surface area (Å²) in [6.45, 7) is 2.26. The number of primary amides is 1. The number of nitrogens with one attached hydrogen (secondary N) is 1. The number of amides is 1. The van der Waals surface area contributed by atoms with E-state index in [1.165, 1.54) is 43.5 Å². The molecule has 2 heterocycles. The standard InChI is InChI=1S/C25H33F3N6O2/c1-30-14-17-13-19(33-11-3-2-4-12-33)9-10-21(17)34-15-20(23(29)36)24(32-34)31-18-7-5-16(6-8-18)22(35)25(26,27)28/h5-8,14-15,17,19,21-22,35H,2-4,9-13H2,1H3,(H2,29,36)(H,31,32)/t17-,19-,21+,22-/m1/s1. The van der Waals surface area contributed by atoms with Crippen LogP contribution < -0.4 is 11.1 Å². The van der Waals surface area contributed by atoms with Crippen LogP contribution in [0.4, 0.5) is 24.7 Å². The van der Waals surface area contributed by atoms with Crippen LogP contribution >= 0.6 is 0 Å². The first-order valence-corrected chi connectivity index (χ1v) is 12.3. The zero-order valence-electron chi connectivity index (χ0n) is 20.3. The number of hydrogen-bond donors (Lipinski definition) is 3. The minimum absolute atomic E-state index is 0.00713. The number of anilines is 2. The van der Waals surface area contributed by atoms with E-state index in [0.29, 0.717) is 11.7 Å². The van der Waals surface area contributed by atoms with Crippen molar-refractivity contribution in [2.45, 2.75) is 62.9 Å². The molecular formula is C25H33F3N6O2. The summed E-state index contributed by atoms with van der Waals surface area (Å²) in [5.41, 5.74) is 5.95. The molecule has 1 saturated heterocycles. The smallest absolute Gasteiger partial charge is 0.379 e. The van der Waals surface area contributed by atoms with Crippen LogP contribution in [-0.4, -0.2) is 64.3 Å². The molecule has 196 valence electrons. The highest BCUT2D eigenvalue weighted by molar-refractivity contribution is 5.98. The molecule has 8 nitrogen and oxygen atoms in total. The zero-order valence-corrected chi connectivity index (χ0v) is 20.3. The van der Waals surface area contributed by atoms with E-state index in [9.17, 15) is 23.1 Å². The highest BCUT2D eigenvalue weighted by atomic mass is 19.4. The van der Waals surface area contributed by atoms with Gasteiger partial charge in [-0.1, -0.05) is 18.6 Å². The first-order chi connectivity index (χ1) is 17.2. The quantitative estimate of drug-likeness (QED) is 0.488. The van der Waals surface area contributed by atoms with Crippen molar-refractivity contribution >= 4 is 23.6 Å². The van der Waals surface area contributed by atoms with E-state index >= 15 is 0 Å². The number of carbonyl (C=O) groups excluding carboxylic acids is 1. The minimum Gasteiger partial charge on any atom is -0.379 e. The number of nitrogens with zero attached hydrogens (tertiary/aromatic N) is 4. The van der Waals surface area contributed by atoms with Crippen molar-refractivity contribution in [3.05, 3.63) is 41.6 Å². The molecule has 2 aliphatic rings. The number of rotatable bonds is 7. The summed E-state index contributed by atoms with van der Waals surface area (Å²) in [4.78, 5) is 19.0. The molecule has 2 fully saturated rings. The molecule has 0 unspecified atom stereocenters. The van der Waals surface area contributed by atoms with Gasteiger partial charge in [0.05, 0.1) is 6.04 Å². The number of aromatic nitrogens is 2. The van der Waals surface area contributed by atoms with Crippen molar-refractivity contribution in [2.75, 3.05) is 25.5 Å². The fraction of sp³-hybridized carbons (Fsp3) is 0.560. The maximum atomic E-state index is 12.8. The van der Waals surface area contributed by atoms with Crippen LogP contribution in [0.3, 0.4) is 0 Å². The van der Waals surface area contributed by atoms with E-state index in [1.807, 2.05) is 6.21 Å². The summed E-state index contributed by atoms with van der Waals surface area (Å²) in [6.07, 6.45) is 2.89. The highest BCUT2D eigenvalue weighted by Gasteiger charge is 2.39. The number of alkyl halides is 3. The minimum atomic E-state index is -4.75. The van der Waals surface area contributed by atoms with Crippen molar-refractivity contribution in [1.29, 1.82) is 0 Å². The van der Waals surface area contributed by atoms with Crippen LogP contribution in [0.25, 0.3) is 0 Å². The summed E-state index contributed by atoms with van der Waals surface area (Å²) in [5, 5.41) is 17.0. The number of aliphatic hydroxyl groups excluding tert-OH is 1. The van der Waals surface area contributed by atoms with Crippen molar-refractivity contribution < 1.29 is 23.1 Å². The second kappa shape index (κ2) is 11.0. The number of nitrogens with two attached hydrogens (primary N) is 1. The molecule has 11 heteroatoms. The zero-order chi connectivity index (χ0) is 25.9. The van der Waals surface area contributed by atoms with Crippen molar-refractivity contribution in [2.24, 2.45) is 16.6 Å². The van der Waals surface area contributed by atoms with E-state index in [0.717, 1.165) is 32.4 Å². The van der Waals surface area contributed by atoms with Gasteiger partial charge in [0.25, 0.3) is 5.91 Å². The van der Waals surface area contributed by atoms with Crippen LogP contribution in [0.2, 0.25) is 0 Å². The summed E-state index contributed by atoms with van der Waals surface area (Å²) < 4.78 is 40.1. The Morgan fingerprint density at radius 3 is 2.53 bits per heavy atom. The van der Waals surface area contributed by atoms with Crippen LogP contribution in [0.5, 0.6) is 0 Å². The van der Waals surface area contributed by atoms with Crippen LogP contribution in [0.15, 0.2) is 35.5 Å². The Morgan fingerprint density at radius 2 is 1.92 bits per heavy atom. The lowest BCUT2D eigenvalue weighted by Gasteiger charge is -2.41. The van der Waals surface area contributed by atoms with Gasteiger partial charge in [-0.15, -0.1) is 0 Å². The van der Waals surface area contributed by atoms with E-state index in [4.69, 9.17) is 5.73 Å². The molecule has 1 saturated carbocycles. The van der Waals surface area contributed by atoms with E-state index in [1.54, 1.807) is 17.9 Å². The Balaban J connectivity index is 1.53. The number of halogens is 3. The average molecular weight is 507 g/mol. The molecule has 0 radical (unpaired) electrons. The Hall–Kier alpha value is -2.92. The molecule has 0 spiro atoms. The van der Waals surface area contributed by atoms with Crippen LogP contribution in [-0.2, 0) is 0 Å². The third-order valence-electron chi connectivity index (χ3n) is 7.22. The third-order valence-corrected chi connectivity index (χ3v) is 7.22. The molecule has 2 aromatic rings. The van der Waals surface area contributed by atoms with Gasteiger partial charge < -0.3 is 26.0 Å². The summed E-state index contributed by atoms with van der Waals surface area (Å²) in [7, 11) is 1.76. The second-order valence-corrected chi connectivity index (χ2v) is 9.63. The lowest BCUT2D eigenvalue weighted by molar-refractivity contribution is -0.206. The lowest BCUT2D eigenvalue weighted by atomic mass is 9.81. The van der Waals surface area contributed by atoms with Gasteiger partial charge in [-0.3, -0.25) is 9.48 Å². The number of benzene rings is 1. The first-order valence-electron chi connectivity index (χ1n) is 12.3. The molecule has 0 bridgehead atoms. The monoisotopic (exact) mass is 506 g/mol. The van der Waals surface area contributed by atoms with E-state index in [2.05, 4.69) is 20.3 Å². The maximum absolute atomic E-state index is 12.8. The van der Waals surface area contributed by atoms with Gasteiger partial charge in [-0.2, -0.15) is 18.3 Å². The van der Waals surface area contributed by atoms with Gasteiger partial charge in [0.2, 0.25) is 0 Å². The molecule has 1 aromatic heterocycles. The maximum Gasteiger partial charge on any atom is 0.418 e. The molecule has 4 N–H and O–H groups in total. The van der Waals surface area contributed by atoms with Gasteiger partial charge in [0.1, 0.15) is 5.56 Å². The lowest BCUT2D eigenvalue weighted by Crippen LogP contribution is -2.44. The number of carbonyl (C=O) groups is 1. The van der Waals surface area contributed by atoms with Gasteiger partial charge in [-0.05, 0) is 62.9 Å². The Morgan fingerprint density at radius 1 is 1.22 bits per heavy atom. The van der Waals surface area contributed by atoms with Crippen LogP contribution in [0, 0.1) is 5.92 Å². The molecule has 4 atom stereocenters. The summed E-state index contributed by atoms with van der Waals surface area (Å²) >= 11 is 0. The molecule has 36 heavy (non-hydrogen) atoms. The first kappa shape index (κ1) is 26.2. The largest absolute Gasteiger partial charge is 0.418 e. The van der Waals surface area contributed by atoms with Crippen molar-refractivity contribution in [1.82, 2.24) is 14.7 Å². The molecule has 1 aliphatic carbocycles. The molecular weight excluding hydrogens is 473 g/mol. The number of aliphatic hydroxyl groups is 1. The van der Waals surface area contributed by atoms with Crippen molar-refractivity contribution in [3.8, 4) is 0 Å². The molecule has 1 aromatic carbocycles. The second-order valence-electron chi connectivity index (χ2n) is 9.63. The van der Waals surface area contributed by atoms with Gasteiger partial charge in [0.15, 0.2) is 11.9 Å².